The summed E-state index contributed by atoms with van der Waals surface area (Å²) in [5.74, 6) is -0.956. The monoisotopic (exact) mass is 351 g/mol. The molecule has 0 spiro atoms. The number of hydrogen-bond acceptors (Lipinski definition) is 3. The minimum absolute atomic E-state index is 0.0208. The van der Waals surface area contributed by atoms with Crippen LogP contribution in [0.15, 0.2) is 18.2 Å². The van der Waals surface area contributed by atoms with Crippen molar-refractivity contribution in [1.29, 1.82) is 0 Å². The van der Waals surface area contributed by atoms with Gasteiger partial charge in [0.05, 0.1) is 0 Å². The van der Waals surface area contributed by atoms with Gasteiger partial charge in [0.25, 0.3) is 0 Å². The third-order valence-electron chi connectivity index (χ3n) is 3.99. The second-order valence-electron chi connectivity index (χ2n) is 6.25. The molecule has 0 aromatic heterocycles. The highest BCUT2D eigenvalue weighted by Crippen LogP contribution is 2.21. The number of carbonyl (C=O) groups excluding carboxylic acids is 3. The molecule has 1 fully saturated rings. The van der Waals surface area contributed by atoms with Crippen molar-refractivity contribution in [3.8, 4) is 0 Å². The lowest BCUT2D eigenvalue weighted by atomic mass is 9.99. The second kappa shape index (κ2) is 7.66. The number of nitrogens with one attached hydrogen (secondary N) is 2. The van der Waals surface area contributed by atoms with Gasteiger partial charge in [-0.25, -0.2) is 0 Å². The van der Waals surface area contributed by atoms with Crippen molar-refractivity contribution in [2.75, 3.05) is 18.4 Å². The lowest BCUT2D eigenvalue weighted by Gasteiger charge is -2.37. The van der Waals surface area contributed by atoms with Crippen LogP contribution in [0.1, 0.15) is 25.8 Å². The van der Waals surface area contributed by atoms with Crippen LogP contribution in [0, 0.1) is 12.8 Å². The van der Waals surface area contributed by atoms with E-state index in [2.05, 4.69) is 10.6 Å². The summed E-state index contributed by atoms with van der Waals surface area (Å²) in [6.45, 7) is 6.42. The van der Waals surface area contributed by atoms with E-state index in [1.54, 1.807) is 18.2 Å². The van der Waals surface area contributed by atoms with E-state index in [4.69, 9.17) is 11.6 Å². The lowest BCUT2D eigenvalue weighted by Crippen LogP contribution is -2.59. The molecule has 1 aromatic rings. The summed E-state index contributed by atoms with van der Waals surface area (Å²) in [5.41, 5.74) is 1.44. The van der Waals surface area contributed by atoms with Crippen LogP contribution >= 0.6 is 11.6 Å². The van der Waals surface area contributed by atoms with E-state index in [9.17, 15) is 14.4 Å². The number of anilines is 1. The van der Waals surface area contributed by atoms with E-state index < -0.39 is 11.9 Å². The summed E-state index contributed by atoms with van der Waals surface area (Å²) in [6.07, 6.45) is -0.303. The summed E-state index contributed by atoms with van der Waals surface area (Å²) in [7, 11) is 0. The van der Waals surface area contributed by atoms with Crippen LogP contribution in [0.4, 0.5) is 5.69 Å². The minimum Gasteiger partial charge on any atom is -0.353 e. The number of halogens is 1. The van der Waals surface area contributed by atoms with Gasteiger partial charge >= 0.3 is 0 Å². The molecule has 0 aliphatic carbocycles. The van der Waals surface area contributed by atoms with Crippen LogP contribution in [0.25, 0.3) is 0 Å². The molecule has 0 saturated carbocycles. The Balaban J connectivity index is 2.04. The van der Waals surface area contributed by atoms with E-state index in [0.717, 1.165) is 5.56 Å². The van der Waals surface area contributed by atoms with Crippen LogP contribution in [-0.2, 0) is 14.4 Å². The van der Waals surface area contributed by atoms with E-state index in [1.807, 2.05) is 20.8 Å². The third kappa shape index (κ3) is 4.26. The smallest absolute Gasteiger partial charge is 0.243 e. The summed E-state index contributed by atoms with van der Waals surface area (Å²) in [5, 5.41) is 5.97. The second-order valence-corrected chi connectivity index (χ2v) is 6.69. The van der Waals surface area contributed by atoms with Crippen molar-refractivity contribution in [1.82, 2.24) is 10.2 Å². The number of carbonyl (C=O) groups is 3. The van der Waals surface area contributed by atoms with Crippen molar-refractivity contribution in [3.05, 3.63) is 28.8 Å². The first-order valence-electron chi connectivity index (χ1n) is 7.92. The maximum atomic E-state index is 12.5. The molecule has 0 radical (unpaired) electrons. The van der Waals surface area contributed by atoms with Crippen LogP contribution in [0.5, 0.6) is 0 Å². The molecule has 1 aliphatic heterocycles. The number of rotatable bonds is 4. The molecule has 6 nitrogen and oxygen atoms in total. The van der Waals surface area contributed by atoms with Crippen molar-refractivity contribution in [2.24, 2.45) is 5.92 Å². The number of nitrogens with zero attached hydrogens (tertiary/aromatic N) is 1. The molecule has 24 heavy (non-hydrogen) atoms. The quantitative estimate of drug-likeness (QED) is 0.814. The van der Waals surface area contributed by atoms with Crippen LogP contribution in [0.3, 0.4) is 0 Å². The minimum atomic E-state index is -0.535. The van der Waals surface area contributed by atoms with Crippen LogP contribution in [0.2, 0.25) is 5.02 Å². The van der Waals surface area contributed by atoms with Crippen LogP contribution in [-0.4, -0.2) is 41.8 Å². The van der Waals surface area contributed by atoms with Gasteiger partial charge in [0.2, 0.25) is 17.7 Å². The van der Waals surface area contributed by atoms with Gasteiger partial charge in [0.1, 0.15) is 12.5 Å². The fourth-order valence-electron chi connectivity index (χ4n) is 2.79. The maximum Gasteiger partial charge on any atom is 0.243 e. The molecule has 2 rings (SSSR count). The Hall–Kier alpha value is -2.08. The normalized spacial score (nSPS) is 17.6. The van der Waals surface area contributed by atoms with Gasteiger partial charge in [0.15, 0.2) is 0 Å². The van der Waals surface area contributed by atoms with Gasteiger partial charge in [-0.05, 0) is 30.5 Å². The molecule has 1 saturated heterocycles. The molecule has 1 aromatic carbocycles. The largest absolute Gasteiger partial charge is 0.353 e. The Labute approximate surface area is 146 Å². The average molecular weight is 352 g/mol. The Bertz CT molecular complexity index is 660. The molecule has 3 amide bonds. The molecule has 1 aliphatic rings. The Morgan fingerprint density at radius 3 is 2.79 bits per heavy atom. The SMILES string of the molecule is Cc1ccc(Cl)cc1NC(=O)CC(=O)N1CCNC(=O)C1C(C)C. The lowest BCUT2D eigenvalue weighted by molar-refractivity contribution is -0.146. The number of hydrogen-bond donors (Lipinski definition) is 2. The number of benzene rings is 1. The summed E-state index contributed by atoms with van der Waals surface area (Å²) >= 11 is 5.93. The van der Waals surface area contributed by atoms with Gasteiger partial charge in [0, 0.05) is 23.8 Å². The summed E-state index contributed by atoms with van der Waals surface area (Å²) in [6, 6.07) is 4.64. The van der Waals surface area contributed by atoms with Crippen molar-refractivity contribution < 1.29 is 14.4 Å². The van der Waals surface area contributed by atoms with Crippen molar-refractivity contribution in [2.45, 2.75) is 33.2 Å². The number of aryl methyl sites for hydroxylation is 1. The predicted molar refractivity (Wildman–Crippen MR) is 92.8 cm³/mol. The predicted octanol–water partition coefficient (Wildman–Crippen LogP) is 1.96. The van der Waals surface area contributed by atoms with Crippen molar-refractivity contribution in [3.63, 3.8) is 0 Å². The molecule has 7 heteroatoms. The molecule has 0 bridgehead atoms. The first-order chi connectivity index (χ1) is 11.3. The van der Waals surface area contributed by atoms with E-state index in [0.29, 0.717) is 23.8 Å². The molecular weight excluding hydrogens is 330 g/mol. The molecule has 1 heterocycles. The number of amides is 3. The highest BCUT2D eigenvalue weighted by molar-refractivity contribution is 6.31. The van der Waals surface area contributed by atoms with Gasteiger partial charge < -0.3 is 15.5 Å². The molecule has 1 atom stereocenters. The van der Waals surface area contributed by atoms with E-state index >= 15 is 0 Å². The van der Waals surface area contributed by atoms with Gasteiger partial charge in [-0.3, -0.25) is 14.4 Å². The zero-order chi connectivity index (χ0) is 17.9. The van der Waals surface area contributed by atoms with Gasteiger partial charge in [-0.2, -0.15) is 0 Å². The van der Waals surface area contributed by atoms with E-state index in [1.165, 1.54) is 4.90 Å². The fraction of sp³-hybridized carbons (Fsp3) is 0.471. The Morgan fingerprint density at radius 2 is 2.12 bits per heavy atom. The summed E-state index contributed by atoms with van der Waals surface area (Å²) < 4.78 is 0. The number of piperazine rings is 1. The molecule has 130 valence electrons. The zero-order valence-electron chi connectivity index (χ0n) is 14.1. The van der Waals surface area contributed by atoms with Crippen molar-refractivity contribution >= 4 is 35.0 Å². The zero-order valence-corrected chi connectivity index (χ0v) is 14.8. The standard InChI is InChI=1S/C17H22ClN3O3/c1-10(2)16-17(24)19-6-7-21(16)15(23)9-14(22)20-13-8-12(18)5-4-11(13)3/h4-5,8,10,16H,6-7,9H2,1-3H3,(H,19,24)(H,20,22). The Morgan fingerprint density at radius 1 is 1.42 bits per heavy atom. The maximum absolute atomic E-state index is 12.5. The average Bonchev–Trinajstić information content (AvgIpc) is 2.50. The summed E-state index contributed by atoms with van der Waals surface area (Å²) in [4.78, 5) is 38.1. The highest BCUT2D eigenvalue weighted by Gasteiger charge is 2.35. The van der Waals surface area contributed by atoms with Gasteiger partial charge in [-0.15, -0.1) is 0 Å². The first kappa shape index (κ1) is 18.3. The first-order valence-corrected chi connectivity index (χ1v) is 8.30. The molecular formula is C17H22ClN3O3. The van der Waals surface area contributed by atoms with Crippen LogP contribution < -0.4 is 10.6 Å². The third-order valence-corrected chi connectivity index (χ3v) is 4.23. The van der Waals surface area contributed by atoms with E-state index in [-0.39, 0.29) is 24.2 Å². The fourth-order valence-corrected chi connectivity index (χ4v) is 2.96. The van der Waals surface area contributed by atoms with Gasteiger partial charge in [-0.1, -0.05) is 31.5 Å². The topological polar surface area (TPSA) is 78.5 Å². The molecule has 2 N–H and O–H groups in total. The molecule has 1 unspecified atom stereocenters. The Kier molecular flexibility index (Phi) is 5.83. The highest BCUT2D eigenvalue weighted by atomic mass is 35.5.